The van der Waals surface area contributed by atoms with E-state index < -0.39 is 0 Å². The Kier molecular flexibility index (Phi) is 1.19. The molecule has 45 valence electrons. The molecule has 0 aromatic heterocycles. The molecule has 2 atom stereocenters. The first-order chi connectivity index (χ1) is 4.47. The summed E-state index contributed by atoms with van der Waals surface area (Å²) in [5.41, 5.74) is 1.94. The minimum absolute atomic E-state index is 0.431. The molecule has 0 aromatic rings. The van der Waals surface area contributed by atoms with Crippen molar-refractivity contribution < 1.29 is 0 Å². The van der Waals surface area contributed by atoms with Crippen molar-refractivity contribution in [2.45, 2.75) is 11.3 Å². The number of fused-ring (bicyclic) bond motifs is 1. The number of thioether (sulfide) groups is 1. The average Bonchev–Trinajstić information content (AvgIpc) is 2.33. The maximum absolute atomic E-state index is 4.26. The standard InChI is InChI=1S/C7H7NS/c1-2-4-7-6(3-1)8-5-9-7/h1-7H/q+1. The number of rotatable bonds is 0. The number of hydrogen-bond donors (Lipinski definition) is 0. The molecule has 0 saturated carbocycles. The predicted molar refractivity (Wildman–Crippen MR) is 41.6 cm³/mol. The zero-order valence-electron chi connectivity index (χ0n) is 4.90. The minimum atomic E-state index is 0.431. The molecule has 1 heterocycles. The van der Waals surface area contributed by atoms with E-state index in [1.54, 1.807) is 11.8 Å². The van der Waals surface area contributed by atoms with Crippen molar-refractivity contribution in [1.29, 1.82) is 0 Å². The molecule has 0 bridgehead atoms. The number of nitrogens with zero attached hydrogens (tertiary/aromatic N) is 1. The quantitative estimate of drug-likeness (QED) is 0.485. The van der Waals surface area contributed by atoms with Crippen molar-refractivity contribution in [3.05, 3.63) is 24.3 Å². The number of hydrogen-bond acceptors (Lipinski definition) is 2. The second kappa shape index (κ2) is 2.03. The molecule has 2 heteroatoms. The maximum Gasteiger partial charge on any atom is 0.270 e. The van der Waals surface area contributed by atoms with E-state index in [0.29, 0.717) is 11.3 Å². The third-order valence-corrected chi connectivity index (χ3v) is 2.50. The van der Waals surface area contributed by atoms with E-state index in [1.165, 1.54) is 0 Å². The van der Waals surface area contributed by atoms with Crippen LogP contribution in [0.1, 0.15) is 0 Å². The van der Waals surface area contributed by atoms with Gasteiger partial charge in [-0.25, -0.2) is 0 Å². The molecule has 0 aromatic carbocycles. The van der Waals surface area contributed by atoms with Crippen molar-refractivity contribution in [2.75, 3.05) is 0 Å². The number of aliphatic imine (C=N–C) groups is 1. The third kappa shape index (κ3) is 0.833. The van der Waals surface area contributed by atoms with Crippen LogP contribution in [-0.2, 0) is 0 Å². The molecule has 2 aliphatic rings. The van der Waals surface area contributed by atoms with Gasteiger partial charge >= 0.3 is 0 Å². The van der Waals surface area contributed by atoms with E-state index in [4.69, 9.17) is 0 Å². The molecular formula is C7H7NS+. The fourth-order valence-electron chi connectivity index (χ4n) is 1.01. The second-order valence-corrected chi connectivity index (χ2v) is 3.14. The molecule has 1 nitrogen and oxygen atoms in total. The van der Waals surface area contributed by atoms with Crippen LogP contribution in [0.15, 0.2) is 24.3 Å². The third-order valence-electron chi connectivity index (χ3n) is 1.51. The van der Waals surface area contributed by atoms with Gasteiger partial charge in [0.2, 0.25) is 0 Å². The van der Waals surface area contributed by atoms with Gasteiger partial charge in [-0.15, -0.1) is 0 Å². The van der Waals surface area contributed by atoms with E-state index >= 15 is 0 Å². The average molecular weight is 137 g/mol. The molecular weight excluding hydrogens is 130 g/mol. The Morgan fingerprint density at radius 3 is 3.00 bits per heavy atom. The van der Waals surface area contributed by atoms with Crippen LogP contribution in [-0.4, -0.2) is 16.8 Å². The van der Waals surface area contributed by atoms with Gasteiger partial charge in [-0.1, -0.05) is 18.2 Å². The highest BCUT2D eigenvalue weighted by molar-refractivity contribution is 8.13. The van der Waals surface area contributed by atoms with Gasteiger partial charge in [-0.05, 0) is 17.8 Å². The SMILES string of the molecule is C1=CC2[N+]=CSC2C=C1. The molecule has 9 heavy (non-hydrogen) atoms. The zero-order valence-corrected chi connectivity index (χ0v) is 5.71. The summed E-state index contributed by atoms with van der Waals surface area (Å²) in [4.78, 5) is 4.26. The van der Waals surface area contributed by atoms with Crippen molar-refractivity contribution in [3.8, 4) is 0 Å². The fraction of sp³-hybridized carbons (Fsp3) is 0.286. The van der Waals surface area contributed by atoms with Crippen LogP contribution in [0.2, 0.25) is 0 Å². The van der Waals surface area contributed by atoms with E-state index in [9.17, 15) is 0 Å². The smallest absolute Gasteiger partial charge is 0.0649 e. The highest BCUT2D eigenvalue weighted by Crippen LogP contribution is 2.21. The Hall–Kier alpha value is -0.500. The first-order valence-electron chi connectivity index (χ1n) is 2.99. The molecule has 0 N–H and O–H groups in total. The highest BCUT2D eigenvalue weighted by atomic mass is 32.2. The molecule has 1 aliphatic carbocycles. The lowest BCUT2D eigenvalue weighted by Gasteiger charge is -2.02. The van der Waals surface area contributed by atoms with Gasteiger partial charge in [0.15, 0.2) is 0 Å². The summed E-state index contributed by atoms with van der Waals surface area (Å²) >= 11 is 1.80. The Morgan fingerprint density at radius 1 is 1.22 bits per heavy atom. The maximum atomic E-state index is 4.26. The molecule has 1 radical (unpaired) electrons. The zero-order chi connectivity index (χ0) is 6.10. The summed E-state index contributed by atoms with van der Waals surface area (Å²) < 4.78 is 0. The molecule has 2 rings (SSSR count). The van der Waals surface area contributed by atoms with E-state index in [-0.39, 0.29) is 0 Å². The molecule has 0 saturated heterocycles. The van der Waals surface area contributed by atoms with Crippen LogP contribution >= 0.6 is 11.8 Å². The van der Waals surface area contributed by atoms with Gasteiger partial charge in [0.05, 0.1) is 0 Å². The van der Waals surface area contributed by atoms with Crippen LogP contribution in [0, 0.1) is 0 Å². The Bertz CT molecular complexity index is 193. The molecule has 0 fully saturated rings. The highest BCUT2D eigenvalue weighted by Gasteiger charge is 2.32. The van der Waals surface area contributed by atoms with Crippen LogP contribution in [0.4, 0.5) is 0 Å². The predicted octanol–water partition coefficient (Wildman–Crippen LogP) is 0.960. The van der Waals surface area contributed by atoms with Crippen LogP contribution < -0.4 is 4.99 Å². The van der Waals surface area contributed by atoms with E-state index in [2.05, 4.69) is 29.3 Å². The summed E-state index contributed by atoms with van der Waals surface area (Å²) in [6.07, 6.45) is 8.48. The van der Waals surface area contributed by atoms with Gasteiger partial charge in [0, 0.05) is 4.99 Å². The van der Waals surface area contributed by atoms with E-state index in [0.717, 1.165) is 0 Å². The summed E-state index contributed by atoms with van der Waals surface area (Å²) in [5.74, 6) is 0. The van der Waals surface area contributed by atoms with Gasteiger partial charge in [0.1, 0.15) is 5.25 Å². The second-order valence-electron chi connectivity index (χ2n) is 2.12. The van der Waals surface area contributed by atoms with Gasteiger partial charge in [-0.3, -0.25) is 0 Å². The summed E-state index contributed by atoms with van der Waals surface area (Å²) in [7, 11) is 0. The monoisotopic (exact) mass is 137 g/mol. The van der Waals surface area contributed by atoms with Crippen molar-refractivity contribution in [2.24, 2.45) is 0 Å². The van der Waals surface area contributed by atoms with Crippen LogP contribution in [0.3, 0.4) is 0 Å². The van der Waals surface area contributed by atoms with Crippen molar-refractivity contribution >= 4 is 17.3 Å². The van der Waals surface area contributed by atoms with Crippen molar-refractivity contribution in [1.82, 2.24) is 4.99 Å². The Labute approximate surface area is 58.6 Å². The lowest BCUT2D eigenvalue weighted by atomic mass is 10.1. The lowest BCUT2D eigenvalue weighted by molar-refractivity contribution is 0.797. The normalized spacial score (nSPS) is 37.3. The van der Waals surface area contributed by atoms with Gasteiger partial charge < -0.3 is 0 Å². The van der Waals surface area contributed by atoms with Crippen LogP contribution in [0.25, 0.3) is 0 Å². The first-order valence-corrected chi connectivity index (χ1v) is 3.93. The lowest BCUT2D eigenvalue weighted by Crippen LogP contribution is -2.19. The molecule has 2 unspecified atom stereocenters. The van der Waals surface area contributed by atoms with Gasteiger partial charge in [0.25, 0.3) is 11.6 Å². The van der Waals surface area contributed by atoms with Crippen LogP contribution in [0.5, 0.6) is 0 Å². The molecule has 0 spiro atoms. The topological polar surface area (TPSA) is 14.1 Å². The minimum Gasteiger partial charge on any atom is -0.0649 e. The Balaban J connectivity index is 2.25. The number of allylic oxidation sites excluding steroid dienone is 2. The van der Waals surface area contributed by atoms with E-state index in [1.807, 2.05) is 5.55 Å². The van der Waals surface area contributed by atoms with Crippen molar-refractivity contribution in [3.63, 3.8) is 0 Å². The summed E-state index contributed by atoms with van der Waals surface area (Å²) in [6.45, 7) is 0. The largest absolute Gasteiger partial charge is 0.270 e. The summed E-state index contributed by atoms with van der Waals surface area (Å²) in [5, 5.41) is 0.593. The summed E-state index contributed by atoms with van der Waals surface area (Å²) in [6, 6.07) is 0.431. The van der Waals surface area contributed by atoms with Gasteiger partial charge in [-0.2, -0.15) is 0 Å². The molecule has 1 aliphatic heterocycles. The fourth-order valence-corrected chi connectivity index (χ4v) is 1.87. The Morgan fingerprint density at radius 2 is 2.11 bits per heavy atom. The first kappa shape index (κ1) is 5.30. The molecule has 0 amide bonds.